The van der Waals surface area contributed by atoms with Gasteiger partial charge in [0.25, 0.3) is 5.91 Å². The second-order valence-electron chi connectivity index (χ2n) is 5.93. The zero-order valence-electron chi connectivity index (χ0n) is 14.0. The Morgan fingerprint density at radius 3 is 2.54 bits per heavy atom. The molecule has 0 spiro atoms. The van der Waals surface area contributed by atoms with Crippen molar-refractivity contribution < 1.29 is 27.5 Å². The van der Waals surface area contributed by atoms with Crippen molar-refractivity contribution >= 4 is 17.6 Å². The predicted octanol–water partition coefficient (Wildman–Crippen LogP) is 4.09. The summed E-state index contributed by atoms with van der Waals surface area (Å²) in [6.45, 7) is 0.368. The number of hydrogen-bond acceptors (Lipinski definition) is 3. The third-order valence-electron chi connectivity index (χ3n) is 4.34. The Balaban J connectivity index is 2.00. The summed E-state index contributed by atoms with van der Waals surface area (Å²) in [5.41, 5.74) is 0.652. The van der Waals surface area contributed by atoms with Crippen molar-refractivity contribution in [2.75, 3.05) is 18.6 Å². The molecule has 1 heterocycles. The molecule has 0 saturated carbocycles. The molecule has 0 fully saturated rings. The van der Waals surface area contributed by atoms with Gasteiger partial charge in [-0.15, -0.1) is 0 Å². The fraction of sp³-hybridized carbons (Fsp3) is 0.263. The number of halogens is 3. The molecule has 0 bridgehead atoms. The lowest BCUT2D eigenvalue weighted by Gasteiger charge is -2.30. The van der Waals surface area contributed by atoms with Gasteiger partial charge in [0.1, 0.15) is 0 Å². The normalized spacial score (nSPS) is 13.9. The smallest absolute Gasteiger partial charge is 0.416 e. The Labute approximate surface area is 148 Å². The van der Waals surface area contributed by atoms with Crippen LogP contribution in [0.5, 0.6) is 0 Å². The molecular formula is C19H16F3NO3. The van der Waals surface area contributed by atoms with Gasteiger partial charge in [0.05, 0.1) is 18.2 Å². The molecule has 0 aliphatic carbocycles. The van der Waals surface area contributed by atoms with Gasteiger partial charge in [-0.05, 0) is 48.7 Å². The average molecular weight is 363 g/mol. The third-order valence-corrected chi connectivity index (χ3v) is 4.34. The average Bonchev–Trinajstić information content (AvgIpc) is 2.65. The summed E-state index contributed by atoms with van der Waals surface area (Å²) in [5, 5.41) is 0. The van der Waals surface area contributed by atoms with Gasteiger partial charge in [0.15, 0.2) is 0 Å². The Morgan fingerprint density at radius 1 is 1.12 bits per heavy atom. The molecule has 4 nitrogen and oxygen atoms in total. The summed E-state index contributed by atoms with van der Waals surface area (Å²) in [5.74, 6) is -1.03. The van der Waals surface area contributed by atoms with Gasteiger partial charge >= 0.3 is 12.1 Å². The first-order chi connectivity index (χ1) is 12.3. The number of benzene rings is 2. The molecule has 26 heavy (non-hydrogen) atoms. The maximum absolute atomic E-state index is 12.9. The van der Waals surface area contributed by atoms with E-state index in [1.165, 1.54) is 24.1 Å². The summed E-state index contributed by atoms with van der Waals surface area (Å²) >= 11 is 0. The van der Waals surface area contributed by atoms with Crippen LogP contribution in [0.3, 0.4) is 0 Å². The molecule has 3 rings (SSSR count). The fourth-order valence-electron chi connectivity index (χ4n) is 3.12. The van der Waals surface area contributed by atoms with Crippen molar-refractivity contribution in [2.45, 2.75) is 19.0 Å². The van der Waals surface area contributed by atoms with E-state index in [-0.39, 0.29) is 5.56 Å². The van der Waals surface area contributed by atoms with Crippen LogP contribution in [0.4, 0.5) is 18.9 Å². The highest BCUT2D eigenvalue weighted by molar-refractivity contribution is 6.07. The van der Waals surface area contributed by atoms with Gasteiger partial charge in [0.2, 0.25) is 0 Å². The topological polar surface area (TPSA) is 46.6 Å². The van der Waals surface area contributed by atoms with Gasteiger partial charge in [-0.25, -0.2) is 4.79 Å². The summed E-state index contributed by atoms with van der Waals surface area (Å²) in [6.07, 6.45) is -3.33. The van der Waals surface area contributed by atoms with E-state index in [1.807, 2.05) is 0 Å². The van der Waals surface area contributed by atoms with E-state index in [0.717, 1.165) is 12.1 Å². The molecule has 0 aromatic heterocycles. The van der Waals surface area contributed by atoms with Crippen LogP contribution in [-0.2, 0) is 17.3 Å². The molecule has 1 aliphatic heterocycles. The first kappa shape index (κ1) is 18.0. The van der Waals surface area contributed by atoms with Crippen molar-refractivity contribution in [3.05, 3.63) is 64.7 Å². The minimum absolute atomic E-state index is 0.0452. The Hall–Kier alpha value is -2.83. The van der Waals surface area contributed by atoms with Crippen molar-refractivity contribution in [1.29, 1.82) is 0 Å². The number of carbonyl (C=O) groups excluding carboxylic acids is 2. The van der Waals surface area contributed by atoms with E-state index < -0.39 is 23.6 Å². The highest BCUT2D eigenvalue weighted by atomic mass is 19.4. The first-order valence-electron chi connectivity index (χ1n) is 8.02. The number of amides is 1. The number of nitrogens with zero attached hydrogens (tertiary/aromatic N) is 1. The largest absolute Gasteiger partial charge is 0.465 e. The lowest BCUT2D eigenvalue weighted by molar-refractivity contribution is -0.137. The van der Waals surface area contributed by atoms with E-state index in [4.69, 9.17) is 4.74 Å². The second kappa shape index (κ2) is 6.82. The monoisotopic (exact) mass is 363 g/mol. The molecule has 7 heteroatoms. The maximum Gasteiger partial charge on any atom is 0.416 e. The SMILES string of the molecule is COC(=O)c1cccc2c1CCCN2C(=O)c1cccc(C(F)(F)F)c1. The van der Waals surface area contributed by atoms with Crippen LogP contribution in [0.2, 0.25) is 0 Å². The minimum atomic E-state index is -4.52. The van der Waals surface area contributed by atoms with Crippen molar-refractivity contribution in [1.82, 2.24) is 0 Å². The lowest BCUT2D eigenvalue weighted by Crippen LogP contribution is -2.36. The van der Waals surface area contributed by atoms with E-state index in [2.05, 4.69) is 0 Å². The van der Waals surface area contributed by atoms with E-state index in [9.17, 15) is 22.8 Å². The molecule has 2 aromatic rings. The predicted molar refractivity (Wildman–Crippen MR) is 89.2 cm³/mol. The number of carbonyl (C=O) groups is 2. The molecule has 1 amide bonds. The van der Waals surface area contributed by atoms with Crippen LogP contribution in [-0.4, -0.2) is 25.5 Å². The Morgan fingerprint density at radius 2 is 1.85 bits per heavy atom. The highest BCUT2D eigenvalue weighted by Gasteiger charge is 2.32. The lowest BCUT2D eigenvalue weighted by atomic mass is 9.95. The van der Waals surface area contributed by atoms with Crippen LogP contribution in [0, 0.1) is 0 Å². The summed E-state index contributed by atoms with van der Waals surface area (Å²) in [7, 11) is 1.27. The highest BCUT2D eigenvalue weighted by Crippen LogP contribution is 2.33. The van der Waals surface area contributed by atoms with Crippen LogP contribution >= 0.6 is 0 Å². The number of hydrogen-bond donors (Lipinski definition) is 0. The van der Waals surface area contributed by atoms with Gasteiger partial charge in [-0.3, -0.25) is 4.79 Å². The third kappa shape index (κ3) is 3.29. The van der Waals surface area contributed by atoms with Gasteiger partial charge in [-0.2, -0.15) is 13.2 Å². The van der Waals surface area contributed by atoms with Crippen LogP contribution < -0.4 is 4.90 Å². The van der Waals surface area contributed by atoms with Gasteiger partial charge in [-0.1, -0.05) is 12.1 Å². The van der Waals surface area contributed by atoms with Crippen molar-refractivity contribution in [3.8, 4) is 0 Å². The number of rotatable bonds is 2. The number of methoxy groups -OCH3 is 1. The summed E-state index contributed by atoms with van der Waals surface area (Å²) < 4.78 is 43.5. The van der Waals surface area contributed by atoms with E-state index in [0.29, 0.717) is 36.2 Å². The standard InChI is InChI=1S/C19H16F3NO3/c1-26-18(25)15-7-3-9-16-14(15)8-4-10-23(16)17(24)12-5-2-6-13(11-12)19(20,21)22/h2-3,5-7,9,11H,4,8,10H2,1H3. The maximum atomic E-state index is 12.9. The van der Waals surface area contributed by atoms with Crippen molar-refractivity contribution in [3.63, 3.8) is 0 Å². The molecule has 0 unspecified atom stereocenters. The number of anilines is 1. The number of ether oxygens (including phenoxy) is 1. The molecule has 0 radical (unpaired) electrons. The zero-order chi connectivity index (χ0) is 18.9. The van der Waals surface area contributed by atoms with E-state index in [1.54, 1.807) is 18.2 Å². The molecule has 0 atom stereocenters. The zero-order valence-corrected chi connectivity index (χ0v) is 14.0. The first-order valence-corrected chi connectivity index (χ1v) is 8.02. The van der Waals surface area contributed by atoms with Crippen LogP contribution in [0.1, 0.15) is 38.3 Å². The second-order valence-corrected chi connectivity index (χ2v) is 5.93. The van der Waals surface area contributed by atoms with Gasteiger partial charge < -0.3 is 9.64 Å². The minimum Gasteiger partial charge on any atom is -0.465 e. The Bertz CT molecular complexity index is 861. The summed E-state index contributed by atoms with van der Waals surface area (Å²) in [6, 6.07) is 9.27. The van der Waals surface area contributed by atoms with E-state index >= 15 is 0 Å². The fourth-order valence-corrected chi connectivity index (χ4v) is 3.12. The molecule has 1 aliphatic rings. The number of alkyl halides is 3. The molecule has 136 valence electrons. The van der Waals surface area contributed by atoms with Crippen molar-refractivity contribution in [2.24, 2.45) is 0 Å². The number of fused-ring (bicyclic) bond motifs is 1. The van der Waals surface area contributed by atoms with Crippen LogP contribution in [0.15, 0.2) is 42.5 Å². The van der Waals surface area contributed by atoms with Crippen LogP contribution in [0.25, 0.3) is 0 Å². The molecule has 0 N–H and O–H groups in total. The van der Waals surface area contributed by atoms with Gasteiger partial charge in [0, 0.05) is 17.8 Å². The molecule has 2 aromatic carbocycles. The summed E-state index contributed by atoms with van der Waals surface area (Å²) in [4.78, 5) is 26.2. The molecule has 0 saturated heterocycles. The molecular weight excluding hydrogens is 347 g/mol. The number of esters is 1. The Kier molecular flexibility index (Phi) is 4.71. The quantitative estimate of drug-likeness (QED) is 0.755.